The number of ketones is 1. The van der Waals surface area contributed by atoms with Crippen LogP contribution in [0.3, 0.4) is 0 Å². The van der Waals surface area contributed by atoms with E-state index in [-0.39, 0.29) is 16.4 Å². The van der Waals surface area contributed by atoms with Crippen LogP contribution >= 0.6 is 0 Å². The van der Waals surface area contributed by atoms with Crippen molar-refractivity contribution in [2.24, 2.45) is 0 Å². The highest BCUT2D eigenvalue weighted by Gasteiger charge is 2.17. The quantitative estimate of drug-likeness (QED) is 0.280. The van der Waals surface area contributed by atoms with Crippen LogP contribution in [0.5, 0.6) is 5.75 Å². The second kappa shape index (κ2) is 8.32. The SMILES string of the molecule is Cc1ccc(S(=O)(=O)Oc2cc(/C=C/C(=O)c3ccccc3N)ccc2C)cc1. The Hall–Kier alpha value is -3.38. The van der Waals surface area contributed by atoms with Crippen molar-refractivity contribution in [1.82, 2.24) is 0 Å². The number of nitrogen functional groups attached to an aromatic ring is 1. The van der Waals surface area contributed by atoms with E-state index in [1.54, 1.807) is 67.6 Å². The molecule has 0 aliphatic heterocycles. The number of hydrogen-bond donors (Lipinski definition) is 1. The summed E-state index contributed by atoms with van der Waals surface area (Å²) in [5.41, 5.74) is 8.89. The topological polar surface area (TPSA) is 86.5 Å². The number of allylic oxidation sites excluding steroid dienone is 1. The van der Waals surface area contributed by atoms with Crippen LogP contribution < -0.4 is 9.92 Å². The van der Waals surface area contributed by atoms with E-state index in [0.29, 0.717) is 22.4 Å². The Balaban J connectivity index is 1.84. The van der Waals surface area contributed by atoms with Crippen molar-refractivity contribution in [2.75, 3.05) is 5.73 Å². The number of para-hydroxylation sites is 1. The van der Waals surface area contributed by atoms with Gasteiger partial charge < -0.3 is 9.92 Å². The molecule has 0 saturated heterocycles. The predicted octanol–water partition coefficient (Wildman–Crippen LogP) is 4.55. The summed E-state index contributed by atoms with van der Waals surface area (Å²) >= 11 is 0. The maximum atomic E-state index is 12.6. The van der Waals surface area contributed by atoms with Gasteiger partial charge in [-0.25, -0.2) is 0 Å². The summed E-state index contributed by atoms with van der Waals surface area (Å²) in [6.07, 6.45) is 2.99. The first-order chi connectivity index (χ1) is 13.8. The lowest BCUT2D eigenvalue weighted by atomic mass is 10.1. The van der Waals surface area contributed by atoms with E-state index in [9.17, 15) is 13.2 Å². The summed E-state index contributed by atoms with van der Waals surface area (Å²) in [4.78, 5) is 12.4. The van der Waals surface area contributed by atoms with Crippen molar-refractivity contribution in [1.29, 1.82) is 0 Å². The van der Waals surface area contributed by atoms with Crippen LogP contribution in [0.2, 0.25) is 0 Å². The Morgan fingerprint density at radius 1 is 0.966 bits per heavy atom. The molecule has 0 saturated carbocycles. The monoisotopic (exact) mass is 407 g/mol. The maximum absolute atomic E-state index is 12.6. The number of anilines is 1. The molecule has 2 N–H and O–H groups in total. The second-order valence-corrected chi connectivity index (χ2v) is 8.21. The van der Waals surface area contributed by atoms with Crippen molar-refractivity contribution in [3.8, 4) is 5.75 Å². The lowest BCUT2D eigenvalue weighted by Crippen LogP contribution is -2.10. The summed E-state index contributed by atoms with van der Waals surface area (Å²) in [5.74, 6) is -0.0298. The van der Waals surface area contributed by atoms with E-state index in [1.165, 1.54) is 18.2 Å². The zero-order chi connectivity index (χ0) is 21.0. The van der Waals surface area contributed by atoms with Crippen LogP contribution in [0.15, 0.2) is 77.7 Å². The molecule has 0 radical (unpaired) electrons. The third kappa shape index (κ3) is 4.92. The summed E-state index contributed by atoms with van der Waals surface area (Å²) in [7, 11) is -3.96. The van der Waals surface area contributed by atoms with Gasteiger partial charge in [-0.2, -0.15) is 8.42 Å². The summed E-state index contributed by atoms with van der Waals surface area (Å²) < 4.78 is 30.5. The molecule has 0 aromatic heterocycles. The van der Waals surface area contributed by atoms with Crippen LogP contribution in [0.25, 0.3) is 6.08 Å². The van der Waals surface area contributed by atoms with Gasteiger partial charge in [-0.1, -0.05) is 48.0 Å². The van der Waals surface area contributed by atoms with Gasteiger partial charge >= 0.3 is 10.1 Å². The molecule has 0 amide bonds. The van der Waals surface area contributed by atoms with Crippen LogP contribution in [-0.4, -0.2) is 14.2 Å². The third-order valence-corrected chi connectivity index (χ3v) is 5.62. The van der Waals surface area contributed by atoms with Gasteiger partial charge in [0.25, 0.3) is 0 Å². The number of hydrogen-bond acceptors (Lipinski definition) is 5. The molecule has 0 spiro atoms. The molecule has 0 bridgehead atoms. The predicted molar refractivity (Wildman–Crippen MR) is 114 cm³/mol. The van der Waals surface area contributed by atoms with E-state index in [1.807, 2.05) is 6.92 Å². The highest BCUT2D eigenvalue weighted by Crippen LogP contribution is 2.25. The first-order valence-electron chi connectivity index (χ1n) is 8.95. The molecule has 0 aliphatic carbocycles. The average molecular weight is 407 g/mol. The number of aryl methyl sites for hydroxylation is 2. The Morgan fingerprint density at radius 3 is 2.34 bits per heavy atom. The van der Waals surface area contributed by atoms with Gasteiger partial charge in [0, 0.05) is 11.3 Å². The third-order valence-electron chi connectivity index (χ3n) is 4.37. The Bertz CT molecular complexity index is 1180. The van der Waals surface area contributed by atoms with Crippen molar-refractivity contribution < 1.29 is 17.4 Å². The Kier molecular flexibility index (Phi) is 5.84. The highest BCUT2D eigenvalue weighted by atomic mass is 32.2. The summed E-state index contributed by atoms with van der Waals surface area (Å²) in [6, 6.07) is 18.3. The van der Waals surface area contributed by atoms with Crippen LogP contribution in [0.4, 0.5) is 5.69 Å². The normalized spacial score (nSPS) is 11.5. The fraction of sp³-hybridized carbons (Fsp3) is 0.0870. The van der Waals surface area contributed by atoms with Crippen molar-refractivity contribution in [3.05, 3.63) is 95.1 Å². The van der Waals surface area contributed by atoms with Gasteiger partial charge in [0.15, 0.2) is 5.78 Å². The van der Waals surface area contributed by atoms with Crippen molar-refractivity contribution >= 4 is 27.7 Å². The highest BCUT2D eigenvalue weighted by molar-refractivity contribution is 7.87. The minimum absolute atomic E-state index is 0.0816. The molecule has 148 valence electrons. The zero-order valence-electron chi connectivity index (χ0n) is 16.1. The molecule has 3 rings (SSSR count). The molecule has 0 unspecified atom stereocenters. The lowest BCUT2D eigenvalue weighted by molar-refractivity contribution is 0.104. The fourth-order valence-corrected chi connectivity index (χ4v) is 3.65. The van der Waals surface area contributed by atoms with Gasteiger partial charge in [0.2, 0.25) is 0 Å². The number of rotatable bonds is 6. The standard InChI is InChI=1S/C23H21NO4S/c1-16-7-12-19(13-8-16)29(26,27)28-23-15-18(10-9-17(23)2)11-14-22(25)20-5-3-4-6-21(20)24/h3-15H,24H2,1-2H3/b14-11+. The molecule has 0 heterocycles. The zero-order valence-corrected chi connectivity index (χ0v) is 16.9. The summed E-state index contributed by atoms with van der Waals surface area (Å²) in [6.45, 7) is 3.63. The number of carbonyl (C=O) groups is 1. The number of carbonyl (C=O) groups excluding carboxylic acids is 1. The molecule has 0 fully saturated rings. The molecular formula is C23H21NO4S. The molecule has 6 heteroatoms. The molecule has 3 aromatic carbocycles. The first-order valence-corrected chi connectivity index (χ1v) is 10.4. The molecule has 29 heavy (non-hydrogen) atoms. The van der Waals surface area contributed by atoms with Gasteiger partial charge in [0.1, 0.15) is 10.6 Å². The number of nitrogens with two attached hydrogens (primary N) is 1. The maximum Gasteiger partial charge on any atom is 0.339 e. The molecule has 5 nitrogen and oxygen atoms in total. The van der Waals surface area contributed by atoms with E-state index in [2.05, 4.69) is 0 Å². The van der Waals surface area contributed by atoms with Crippen LogP contribution in [0.1, 0.15) is 27.0 Å². The first kappa shape index (κ1) is 20.4. The van der Waals surface area contributed by atoms with E-state index < -0.39 is 10.1 Å². The van der Waals surface area contributed by atoms with Crippen molar-refractivity contribution in [3.63, 3.8) is 0 Å². The van der Waals surface area contributed by atoms with Gasteiger partial charge in [-0.05, 0) is 61.4 Å². The molecule has 0 atom stereocenters. The summed E-state index contributed by atoms with van der Waals surface area (Å²) in [5, 5.41) is 0. The van der Waals surface area contributed by atoms with Crippen LogP contribution in [-0.2, 0) is 10.1 Å². The van der Waals surface area contributed by atoms with Gasteiger partial charge in [-0.3, -0.25) is 4.79 Å². The minimum Gasteiger partial charge on any atom is -0.398 e. The number of benzene rings is 3. The Labute approximate surface area is 170 Å². The van der Waals surface area contributed by atoms with Gasteiger partial charge in [0.05, 0.1) is 0 Å². The second-order valence-electron chi connectivity index (χ2n) is 6.66. The molecular weight excluding hydrogens is 386 g/mol. The van der Waals surface area contributed by atoms with E-state index in [0.717, 1.165) is 5.56 Å². The van der Waals surface area contributed by atoms with E-state index in [4.69, 9.17) is 9.92 Å². The lowest BCUT2D eigenvalue weighted by Gasteiger charge is -2.10. The molecule has 0 aliphatic rings. The van der Waals surface area contributed by atoms with E-state index >= 15 is 0 Å². The minimum atomic E-state index is -3.96. The van der Waals surface area contributed by atoms with Crippen LogP contribution in [0, 0.1) is 13.8 Å². The fourth-order valence-electron chi connectivity index (χ4n) is 2.66. The largest absolute Gasteiger partial charge is 0.398 e. The molecule has 3 aromatic rings. The Morgan fingerprint density at radius 2 is 1.66 bits per heavy atom. The van der Waals surface area contributed by atoms with Crippen molar-refractivity contribution in [2.45, 2.75) is 18.7 Å². The smallest absolute Gasteiger partial charge is 0.339 e. The van der Waals surface area contributed by atoms with Gasteiger partial charge in [-0.15, -0.1) is 0 Å². The average Bonchev–Trinajstić information content (AvgIpc) is 2.69.